The van der Waals surface area contributed by atoms with Crippen LogP contribution in [0.1, 0.15) is 39.7 Å². The Morgan fingerprint density at radius 2 is 1.87 bits per heavy atom. The Kier molecular flexibility index (Phi) is 6.84. The lowest BCUT2D eigenvalue weighted by Gasteiger charge is -2.26. The summed E-state index contributed by atoms with van der Waals surface area (Å²) in [6.45, 7) is 6.05. The standard InChI is InChI=1S/C26H28F4N6O2/c1-11(2)36-23-13(8-32-26(35-23)33-15-6-14(27)9-31-10-15)5-18(25(36)38)17-7-19(28)22(21(30)20(17)29)34-24(37)16-4-12(16)3/h5,7-8,11-12,14-16,31H,4,6,9-10H2,1-3H3,(H,34,37)(H,32,33,35)/t12-,14-,15-,16+/m0/s1. The Balaban J connectivity index is 1.55. The molecule has 1 aromatic carbocycles. The van der Waals surface area contributed by atoms with Crippen molar-refractivity contribution in [2.75, 3.05) is 23.7 Å². The van der Waals surface area contributed by atoms with Crippen molar-refractivity contribution in [3.05, 3.63) is 46.1 Å². The van der Waals surface area contributed by atoms with Gasteiger partial charge in [-0.2, -0.15) is 4.98 Å². The van der Waals surface area contributed by atoms with Gasteiger partial charge in [0.1, 0.15) is 17.5 Å². The average molecular weight is 533 g/mol. The van der Waals surface area contributed by atoms with Gasteiger partial charge in [0.05, 0.1) is 5.56 Å². The van der Waals surface area contributed by atoms with Gasteiger partial charge < -0.3 is 16.0 Å². The first-order valence-corrected chi connectivity index (χ1v) is 12.6. The molecule has 1 saturated carbocycles. The fourth-order valence-electron chi connectivity index (χ4n) is 4.85. The maximum atomic E-state index is 15.2. The molecule has 3 heterocycles. The number of hydrogen-bond acceptors (Lipinski definition) is 6. The highest BCUT2D eigenvalue weighted by molar-refractivity contribution is 5.95. The predicted molar refractivity (Wildman–Crippen MR) is 135 cm³/mol. The van der Waals surface area contributed by atoms with Gasteiger partial charge in [-0.3, -0.25) is 14.2 Å². The van der Waals surface area contributed by atoms with E-state index < -0.39 is 52.4 Å². The molecule has 1 aliphatic carbocycles. The number of piperidine rings is 1. The molecule has 0 spiro atoms. The molecule has 1 aliphatic heterocycles. The number of carbonyl (C=O) groups excluding carboxylic acids is 1. The molecule has 1 saturated heterocycles. The third-order valence-corrected chi connectivity index (χ3v) is 7.06. The molecule has 202 valence electrons. The molecule has 5 rings (SSSR count). The molecule has 0 radical (unpaired) electrons. The summed E-state index contributed by atoms with van der Waals surface area (Å²) in [4.78, 5) is 34.4. The summed E-state index contributed by atoms with van der Waals surface area (Å²) >= 11 is 0. The van der Waals surface area contributed by atoms with Crippen LogP contribution in [0.3, 0.4) is 0 Å². The lowest BCUT2D eigenvalue weighted by atomic mass is 10.0. The molecule has 0 bridgehead atoms. The molecule has 4 atom stereocenters. The molecule has 3 N–H and O–H groups in total. The monoisotopic (exact) mass is 532 g/mol. The zero-order valence-corrected chi connectivity index (χ0v) is 21.1. The second kappa shape index (κ2) is 9.97. The number of halogens is 4. The van der Waals surface area contributed by atoms with Crippen LogP contribution in [-0.2, 0) is 4.79 Å². The van der Waals surface area contributed by atoms with Crippen LogP contribution in [0.25, 0.3) is 22.2 Å². The molecule has 1 amide bonds. The van der Waals surface area contributed by atoms with E-state index in [4.69, 9.17) is 0 Å². The Labute approximate surface area is 215 Å². The summed E-state index contributed by atoms with van der Waals surface area (Å²) in [6.07, 6.45) is 1.27. The van der Waals surface area contributed by atoms with Crippen LogP contribution >= 0.6 is 0 Å². The minimum Gasteiger partial charge on any atom is -0.350 e. The zero-order valence-electron chi connectivity index (χ0n) is 21.1. The average Bonchev–Trinajstić information content (AvgIpc) is 3.60. The lowest BCUT2D eigenvalue weighted by Crippen LogP contribution is -2.44. The number of carbonyl (C=O) groups is 1. The fraction of sp³-hybridized carbons (Fsp3) is 0.462. The summed E-state index contributed by atoms with van der Waals surface area (Å²) in [5.41, 5.74) is -2.22. The largest absolute Gasteiger partial charge is 0.350 e. The Morgan fingerprint density at radius 1 is 1.13 bits per heavy atom. The smallest absolute Gasteiger partial charge is 0.260 e. The third kappa shape index (κ3) is 4.84. The Bertz CT molecular complexity index is 1480. The first-order chi connectivity index (χ1) is 18.0. The van der Waals surface area contributed by atoms with Gasteiger partial charge in [0, 0.05) is 54.7 Å². The topological polar surface area (TPSA) is 101 Å². The van der Waals surface area contributed by atoms with Crippen LogP contribution in [0.4, 0.5) is 29.2 Å². The summed E-state index contributed by atoms with van der Waals surface area (Å²) in [6, 6.07) is 1.28. The molecule has 2 aliphatic rings. The van der Waals surface area contributed by atoms with E-state index in [-0.39, 0.29) is 48.0 Å². The third-order valence-electron chi connectivity index (χ3n) is 7.06. The van der Waals surface area contributed by atoms with Gasteiger partial charge in [0.25, 0.3) is 5.56 Å². The van der Waals surface area contributed by atoms with E-state index in [0.29, 0.717) is 24.4 Å². The number of anilines is 2. The number of rotatable bonds is 6. The number of nitrogens with zero attached hydrogens (tertiary/aromatic N) is 3. The van der Waals surface area contributed by atoms with Gasteiger partial charge in [-0.05, 0) is 38.3 Å². The maximum Gasteiger partial charge on any atom is 0.260 e. The van der Waals surface area contributed by atoms with Gasteiger partial charge in [0.15, 0.2) is 17.5 Å². The SMILES string of the molecule is CC(C)n1c(=O)c(-c2cc(F)c(NC(=O)[C@@H]3C[C@@H]3C)c(F)c2F)cc2cnc(N[C@@H]3CNC[C@@H](F)C3)nc21. The first-order valence-electron chi connectivity index (χ1n) is 12.6. The van der Waals surface area contributed by atoms with Crippen LogP contribution < -0.4 is 21.5 Å². The molecule has 3 aromatic rings. The highest BCUT2D eigenvalue weighted by atomic mass is 19.2. The molecule has 2 aromatic heterocycles. The van der Waals surface area contributed by atoms with Crippen LogP contribution in [0, 0.1) is 29.3 Å². The summed E-state index contributed by atoms with van der Waals surface area (Å²) < 4.78 is 60.1. The van der Waals surface area contributed by atoms with E-state index >= 15 is 4.39 Å². The van der Waals surface area contributed by atoms with Crippen molar-refractivity contribution < 1.29 is 22.4 Å². The van der Waals surface area contributed by atoms with Gasteiger partial charge in [0.2, 0.25) is 11.9 Å². The van der Waals surface area contributed by atoms with Gasteiger partial charge >= 0.3 is 0 Å². The quantitative estimate of drug-likeness (QED) is 0.326. The van der Waals surface area contributed by atoms with Crippen molar-refractivity contribution >= 4 is 28.6 Å². The minimum absolute atomic E-state index is 0.0928. The normalized spacial score (nSPS) is 23.1. The van der Waals surface area contributed by atoms with Crippen molar-refractivity contribution in [1.82, 2.24) is 19.9 Å². The van der Waals surface area contributed by atoms with Crippen molar-refractivity contribution in [1.29, 1.82) is 0 Å². The second-order valence-corrected chi connectivity index (χ2v) is 10.3. The number of alkyl halides is 1. The summed E-state index contributed by atoms with van der Waals surface area (Å²) in [5.74, 6) is -4.91. The Hall–Kier alpha value is -3.54. The van der Waals surface area contributed by atoms with E-state index in [1.165, 1.54) is 16.8 Å². The van der Waals surface area contributed by atoms with Gasteiger partial charge in [-0.25, -0.2) is 22.5 Å². The van der Waals surface area contributed by atoms with Crippen LogP contribution in [0.2, 0.25) is 0 Å². The second-order valence-electron chi connectivity index (χ2n) is 10.3. The minimum atomic E-state index is -1.58. The number of pyridine rings is 1. The highest BCUT2D eigenvalue weighted by Crippen LogP contribution is 2.39. The zero-order chi connectivity index (χ0) is 27.3. The summed E-state index contributed by atoms with van der Waals surface area (Å²) in [7, 11) is 0. The number of hydrogen-bond donors (Lipinski definition) is 3. The van der Waals surface area contributed by atoms with Crippen molar-refractivity contribution in [2.24, 2.45) is 11.8 Å². The molecule has 12 heteroatoms. The van der Waals surface area contributed by atoms with Gasteiger partial charge in [-0.1, -0.05) is 6.92 Å². The van der Waals surface area contributed by atoms with Crippen molar-refractivity contribution in [3.63, 3.8) is 0 Å². The van der Waals surface area contributed by atoms with E-state index in [2.05, 4.69) is 25.9 Å². The number of aromatic nitrogens is 3. The molecule has 0 unspecified atom stereocenters. The molecule has 8 nitrogen and oxygen atoms in total. The fourth-order valence-corrected chi connectivity index (χ4v) is 4.85. The summed E-state index contributed by atoms with van der Waals surface area (Å²) in [5, 5.41) is 8.52. The molecular formula is C26H28F4N6O2. The number of nitrogens with one attached hydrogen (secondary N) is 3. The van der Waals surface area contributed by atoms with Crippen LogP contribution in [0.15, 0.2) is 23.1 Å². The lowest BCUT2D eigenvalue weighted by molar-refractivity contribution is -0.117. The molecule has 38 heavy (non-hydrogen) atoms. The molecule has 2 fully saturated rings. The van der Waals surface area contributed by atoms with Gasteiger partial charge in [-0.15, -0.1) is 0 Å². The first kappa shape index (κ1) is 26.1. The van der Waals surface area contributed by atoms with E-state index in [9.17, 15) is 22.8 Å². The van der Waals surface area contributed by atoms with Crippen molar-refractivity contribution in [3.8, 4) is 11.1 Å². The number of fused-ring (bicyclic) bond motifs is 1. The predicted octanol–water partition coefficient (Wildman–Crippen LogP) is 4.16. The number of amides is 1. The number of benzene rings is 1. The Morgan fingerprint density at radius 3 is 2.53 bits per heavy atom. The highest BCUT2D eigenvalue weighted by Gasteiger charge is 2.40. The van der Waals surface area contributed by atoms with E-state index in [0.717, 1.165) is 0 Å². The van der Waals surface area contributed by atoms with Crippen LogP contribution in [-0.4, -0.2) is 45.7 Å². The van der Waals surface area contributed by atoms with Crippen molar-refractivity contribution in [2.45, 2.75) is 51.9 Å². The van der Waals surface area contributed by atoms with E-state index in [1.807, 2.05) is 6.92 Å². The van der Waals surface area contributed by atoms with Crippen LogP contribution in [0.5, 0.6) is 0 Å². The maximum absolute atomic E-state index is 15.2. The molecular weight excluding hydrogens is 504 g/mol. The van der Waals surface area contributed by atoms with E-state index in [1.54, 1.807) is 13.8 Å².